The molecule has 2 aromatic carbocycles. The summed E-state index contributed by atoms with van der Waals surface area (Å²) in [5.41, 5.74) is 1.27. The van der Waals surface area contributed by atoms with Crippen LogP contribution in [0, 0.1) is 12.7 Å². The number of aliphatic hydroxyl groups excluding tert-OH is 1. The minimum atomic E-state index is -0.751. The Morgan fingerprint density at radius 2 is 1.70 bits per heavy atom. The number of Topliss-reactive ketones (excluding diaryl/α,β-unsaturated/α-hetero) is 1. The molecular weight excluding hydrogens is 385 g/mol. The van der Waals surface area contributed by atoms with Crippen molar-refractivity contribution in [3.63, 3.8) is 0 Å². The fourth-order valence-corrected chi connectivity index (χ4v) is 4.52. The quantitative estimate of drug-likeness (QED) is 0.441. The highest BCUT2D eigenvalue weighted by Gasteiger charge is 2.48. The van der Waals surface area contributed by atoms with Gasteiger partial charge in [0.2, 0.25) is 0 Å². The minimum absolute atomic E-state index is 0.00210. The number of amides is 1. The van der Waals surface area contributed by atoms with Crippen molar-refractivity contribution < 1.29 is 24.2 Å². The number of hydrogen-bond donors (Lipinski definition) is 2. The Kier molecular flexibility index (Phi) is 5.33. The van der Waals surface area contributed by atoms with Crippen molar-refractivity contribution >= 4 is 17.4 Å². The SMILES string of the molecule is Cc1cc(/C(O)=C2/C(=O)C(=O)N(C3CCCCC3)C2c2ccc(O)cc2)ccc1F. The van der Waals surface area contributed by atoms with Crippen LogP contribution in [0.3, 0.4) is 0 Å². The molecule has 2 aliphatic rings. The molecule has 5 nitrogen and oxygen atoms in total. The molecule has 0 radical (unpaired) electrons. The summed E-state index contributed by atoms with van der Waals surface area (Å²) in [6.45, 7) is 1.57. The lowest BCUT2D eigenvalue weighted by Gasteiger charge is -2.35. The lowest BCUT2D eigenvalue weighted by Crippen LogP contribution is -2.40. The Balaban J connectivity index is 1.88. The van der Waals surface area contributed by atoms with Gasteiger partial charge in [-0.05, 0) is 61.2 Å². The molecule has 2 N–H and O–H groups in total. The first-order valence-corrected chi connectivity index (χ1v) is 10.2. The van der Waals surface area contributed by atoms with E-state index in [1.807, 2.05) is 0 Å². The number of carbonyl (C=O) groups excluding carboxylic acids is 2. The first kappa shape index (κ1) is 20.1. The molecule has 1 unspecified atom stereocenters. The Morgan fingerprint density at radius 1 is 1.03 bits per heavy atom. The van der Waals surface area contributed by atoms with E-state index in [0.29, 0.717) is 16.7 Å². The second-order valence-electron chi connectivity index (χ2n) is 8.05. The van der Waals surface area contributed by atoms with E-state index in [-0.39, 0.29) is 23.1 Å². The maximum atomic E-state index is 13.7. The van der Waals surface area contributed by atoms with E-state index in [9.17, 15) is 24.2 Å². The fraction of sp³-hybridized carbons (Fsp3) is 0.333. The molecule has 1 aliphatic carbocycles. The van der Waals surface area contributed by atoms with Crippen LogP contribution in [0.1, 0.15) is 54.8 Å². The number of carbonyl (C=O) groups is 2. The first-order chi connectivity index (χ1) is 14.4. The molecule has 156 valence electrons. The van der Waals surface area contributed by atoms with E-state index in [1.54, 1.807) is 24.0 Å². The van der Waals surface area contributed by atoms with Gasteiger partial charge >= 0.3 is 0 Å². The number of likely N-dealkylation sites (tertiary alicyclic amines) is 1. The molecule has 0 aromatic heterocycles. The van der Waals surface area contributed by atoms with Crippen LogP contribution in [0.5, 0.6) is 5.75 Å². The number of benzene rings is 2. The normalized spacial score (nSPS) is 21.9. The number of phenols is 1. The van der Waals surface area contributed by atoms with Gasteiger partial charge in [-0.1, -0.05) is 31.4 Å². The van der Waals surface area contributed by atoms with Crippen LogP contribution in [0.25, 0.3) is 5.76 Å². The number of rotatable bonds is 3. The lowest BCUT2D eigenvalue weighted by molar-refractivity contribution is -0.141. The van der Waals surface area contributed by atoms with E-state index in [4.69, 9.17) is 0 Å². The van der Waals surface area contributed by atoms with Gasteiger partial charge in [-0.15, -0.1) is 0 Å². The van der Waals surface area contributed by atoms with Crippen LogP contribution < -0.4 is 0 Å². The van der Waals surface area contributed by atoms with Gasteiger partial charge in [0.15, 0.2) is 0 Å². The molecule has 2 aromatic rings. The van der Waals surface area contributed by atoms with Gasteiger partial charge in [0.05, 0.1) is 11.6 Å². The topological polar surface area (TPSA) is 77.8 Å². The molecule has 1 atom stereocenters. The van der Waals surface area contributed by atoms with Crippen LogP contribution in [0.15, 0.2) is 48.0 Å². The second kappa shape index (κ2) is 7.94. The highest BCUT2D eigenvalue weighted by molar-refractivity contribution is 6.46. The van der Waals surface area contributed by atoms with E-state index >= 15 is 0 Å². The number of phenolic OH excluding ortho intramolecular Hbond substituents is 1. The van der Waals surface area contributed by atoms with E-state index < -0.39 is 23.5 Å². The van der Waals surface area contributed by atoms with Crippen LogP contribution >= 0.6 is 0 Å². The molecule has 1 heterocycles. The van der Waals surface area contributed by atoms with Gasteiger partial charge in [0.25, 0.3) is 11.7 Å². The van der Waals surface area contributed by atoms with Crippen LogP contribution in [-0.4, -0.2) is 32.8 Å². The highest BCUT2D eigenvalue weighted by atomic mass is 19.1. The summed E-state index contributed by atoms with van der Waals surface area (Å²) < 4.78 is 13.7. The number of aromatic hydroxyl groups is 1. The zero-order valence-electron chi connectivity index (χ0n) is 16.8. The summed E-state index contributed by atoms with van der Waals surface area (Å²) >= 11 is 0. The number of ketones is 1. The average Bonchev–Trinajstić information content (AvgIpc) is 3.01. The molecule has 0 bridgehead atoms. The van der Waals surface area contributed by atoms with Crippen molar-refractivity contribution in [1.29, 1.82) is 0 Å². The number of halogens is 1. The summed E-state index contributed by atoms with van der Waals surface area (Å²) in [5, 5.41) is 20.7. The van der Waals surface area contributed by atoms with Gasteiger partial charge in [0, 0.05) is 11.6 Å². The number of nitrogens with zero attached hydrogens (tertiary/aromatic N) is 1. The second-order valence-corrected chi connectivity index (χ2v) is 8.05. The van der Waals surface area contributed by atoms with E-state index in [0.717, 1.165) is 32.1 Å². The Bertz CT molecular complexity index is 1020. The van der Waals surface area contributed by atoms with Gasteiger partial charge in [-0.3, -0.25) is 9.59 Å². The summed E-state index contributed by atoms with van der Waals surface area (Å²) in [6, 6.07) is 9.57. The van der Waals surface area contributed by atoms with Gasteiger partial charge in [0.1, 0.15) is 17.3 Å². The van der Waals surface area contributed by atoms with Crippen molar-refractivity contribution in [3.8, 4) is 5.75 Å². The summed E-state index contributed by atoms with van der Waals surface area (Å²) in [4.78, 5) is 27.7. The van der Waals surface area contributed by atoms with Crippen LogP contribution in [0.4, 0.5) is 4.39 Å². The molecule has 4 rings (SSSR count). The van der Waals surface area contributed by atoms with Gasteiger partial charge in [-0.2, -0.15) is 0 Å². The average molecular weight is 409 g/mol. The molecule has 1 aliphatic heterocycles. The highest BCUT2D eigenvalue weighted by Crippen LogP contribution is 2.43. The zero-order valence-corrected chi connectivity index (χ0v) is 16.8. The molecule has 0 spiro atoms. The molecule has 1 saturated heterocycles. The fourth-order valence-electron chi connectivity index (χ4n) is 4.52. The van der Waals surface area contributed by atoms with Crippen molar-refractivity contribution in [1.82, 2.24) is 4.90 Å². The largest absolute Gasteiger partial charge is 0.508 e. The maximum Gasteiger partial charge on any atom is 0.295 e. The standard InChI is InChI=1S/C24H24FNO4/c1-14-13-16(9-12-19(14)25)22(28)20-21(15-7-10-18(27)11-8-15)26(24(30)23(20)29)17-5-3-2-4-6-17/h7-13,17,21,27-28H,2-6H2,1H3/b22-20-. The molecule has 1 saturated carbocycles. The third kappa shape index (κ3) is 3.47. The van der Waals surface area contributed by atoms with E-state index in [1.165, 1.54) is 30.3 Å². The molecule has 6 heteroatoms. The lowest BCUT2D eigenvalue weighted by atomic mass is 9.91. The third-order valence-corrected chi connectivity index (χ3v) is 6.09. The Morgan fingerprint density at radius 3 is 2.33 bits per heavy atom. The monoisotopic (exact) mass is 409 g/mol. The first-order valence-electron chi connectivity index (χ1n) is 10.2. The van der Waals surface area contributed by atoms with Crippen molar-refractivity contribution in [3.05, 3.63) is 70.5 Å². The predicted octanol–water partition coefficient (Wildman–Crippen LogP) is 4.59. The number of hydrogen-bond acceptors (Lipinski definition) is 4. The number of aliphatic hydroxyl groups is 1. The summed E-state index contributed by atoms with van der Waals surface area (Å²) in [5.74, 6) is -2.02. The molecule has 2 fully saturated rings. The third-order valence-electron chi connectivity index (χ3n) is 6.09. The minimum Gasteiger partial charge on any atom is -0.508 e. The van der Waals surface area contributed by atoms with Crippen LogP contribution in [-0.2, 0) is 9.59 Å². The predicted molar refractivity (Wildman–Crippen MR) is 110 cm³/mol. The smallest absolute Gasteiger partial charge is 0.295 e. The van der Waals surface area contributed by atoms with E-state index in [2.05, 4.69) is 0 Å². The van der Waals surface area contributed by atoms with Crippen molar-refractivity contribution in [2.45, 2.75) is 51.1 Å². The van der Waals surface area contributed by atoms with Crippen molar-refractivity contribution in [2.24, 2.45) is 0 Å². The van der Waals surface area contributed by atoms with Crippen LogP contribution in [0.2, 0.25) is 0 Å². The molecular formula is C24H24FNO4. The molecule has 1 amide bonds. The Hall–Kier alpha value is -3.15. The molecule has 30 heavy (non-hydrogen) atoms. The summed E-state index contributed by atoms with van der Waals surface area (Å²) in [7, 11) is 0. The van der Waals surface area contributed by atoms with Gasteiger partial charge < -0.3 is 15.1 Å². The Labute approximate surface area is 174 Å². The summed E-state index contributed by atoms with van der Waals surface area (Å²) in [6.07, 6.45) is 4.66. The maximum absolute atomic E-state index is 13.7. The van der Waals surface area contributed by atoms with Gasteiger partial charge in [-0.25, -0.2) is 4.39 Å². The number of aryl methyl sites for hydroxylation is 1. The zero-order chi connectivity index (χ0) is 21.4. The van der Waals surface area contributed by atoms with Crippen molar-refractivity contribution in [2.75, 3.05) is 0 Å².